The summed E-state index contributed by atoms with van der Waals surface area (Å²) in [4.78, 5) is 16.7. The van der Waals surface area contributed by atoms with Gasteiger partial charge in [-0.15, -0.1) is 0 Å². The SMILES string of the molecule is C.C.C.N=C=O.N=C=O. The van der Waals surface area contributed by atoms with Gasteiger partial charge in [-0.25, -0.2) is 20.4 Å². The van der Waals surface area contributed by atoms with Crippen LogP contribution in [0.1, 0.15) is 22.3 Å². The van der Waals surface area contributed by atoms with Crippen molar-refractivity contribution in [1.82, 2.24) is 0 Å². The Hall–Kier alpha value is -1.24. The standard InChI is InChI=1S/2CHNO.3CH4/c2*2-1-3;;;/h2*2H;3*1H4. The first-order chi connectivity index (χ1) is 2.83. The highest BCUT2D eigenvalue weighted by atomic mass is 16.1. The molecule has 56 valence electrons. The summed E-state index contributed by atoms with van der Waals surface area (Å²) < 4.78 is 0. The van der Waals surface area contributed by atoms with E-state index in [0.29, 0.717) is 0 Å². The van der Waals surface area contributed by atoms with E-state index in [1.807, 2.05) is 0 Å². The van der Waals surface area contributed by atoms with Gasteiger partial charge in [0.1, 0.15) is 0 Å². The van der Waals surface area contributed by atoms with Crippen LogP contribution >= 0.6 is 0 Å². The van der Waals surface area contributed by atoms with Crippen molar-refractivity contribution in [3.63, 3.8) is 0 Å². The summed E-state index contributed by atoms with van der Waals surface area (Å²) in [6, 6.07) is 0. The molecule has 0 unspecified atom stereocenters. The number of carbonyl (C=O) groups excluding carboxylic acids is 2. The maximum atomic E-state index is 8.35. The van der Waals surface area contributed by atoms with E-state index >= 15 is 0 Å². The topological polar surface area (TPSA) is 81.8 Å². The maximum absolute atomic E-state index is 8.35. The molecule has 0 aromatic carbocycles. The van der Waals surface area contributed by atoms with Crippen molar-refractivity contribution in [1.29, 1.82) is 10.8 Å². The lowest BCUT2D eigenvalue weighted by atomic mass is 11.7. The Morgan fingerprint density at radius 3 is 0.778 bits per heavy atom. The van der Waals surface area contributed by atoms with Crippen molar-refractivity contribution in [3.05, 3.63) is 0 Å². The Kier molecular flexibility index (Phi) is 2010. The normalized spacial score (nSPS) is 1.78. The van der Waals surface area contributed by atoms with Crippen molar-refractivity contribution < 1.29 is 9.59 Å². The molecule has 0 radical (unpaired) electrons. The average molecular weight is 134 g/mol. The van der Waals surface area contributed by atoms with Crippen molar-refractivity contribution in [2.45, 2.75) is 22.3 Å². The lowest BCUT2D eigenvalue weighted by Crippen LogP contribution is -1.16. The fourth-order valence-electron chi connectivity index (χ4n) is 0. The van der Waals surface area contributed by atoms with E-state index in [4.69, 9.17) is 20.4 Å². The highest BCUT2D eigenvalue weighted by Gasteiger charge is 1.04. The lowest BCUT2D eigenvalue weighted by Gasteiger charge is -1.02. The third kappa shape index (κ3) is 99.6. The largest absolute Gasteiger partial charge is 0.231 e. The van der Waals surface area contributed by atoms with Crippen molar-refractivity contribution in [3.8, 4) is 0 Å². The molecule has 0 saturated heterocycles. The van der Waals surface area contributed by atoms with E-state index in [1.165, 1.54) is 0 Å². The molecule has 0 bridgehead atoms. The summed E-state index contributed by atoms with van der Waals surface area (Å²) in [5, 5.41) is 10.8. The highest BCUT2D eigenvalue weighted by molar-refractivity contribution is 5.26. The van der Waals surface area contributed by atoms with Crippen LogP contribution in [0.3, 0.4) is 0 Å². The molecule has 0 aliphatic carbocycles. The van der Waals surface area contributed by atoms with E-state index in [2.05, 4.69) is 0 Å². The van der Waals surface area contributed by atoms with E-state index in [9.17, 15) is 0 Å². The molecule has 0 spiro atoms. The Balaban J connectivity index is -0.00000000889. The monoisotopic (exact) mass is 134 g/mol. The van der Waals surface area contributed by atoms with E-state index in [0.717, 1.165) is 12.2 Å². The van der Waals surface area contributed by atoms with Gasteiger partial charge in [0.05, 0.1) is 0 Å². The second-order valence-electron chi connectivity index (χ2n) is 0.204. The molecule has 0 rings (SSSR count). The third-order valence-electron chi connectivity index (χ3n) is 0. The first-order valence-electron chi connectivity index (χ1n) is 0.908. The molecule has 0 aliphatic rings. The molecule has 4 heteroatoms. The number of hydrogen-bond acceptors (Lipinski definition) is 4. The average Bonchev–Trinajstić information content (AvgIpc) is 1.39. The van der Waals surface area contributed by atoms with Crippen LogP contribution in [0, 0.1) is 10.8 Å². The van der Waals surface area contributed by atoms with Crippen molar-refractivity contribution in [2.75, 3.05) is 0 Å². The van der Waals surface area contributed by atoms with Gasteiger partial charge in [0.2, 0.25) is 12.2 Å². The van der Waals surface area contributed by atoms with E-state index < -0.39 is 0 Å². The van der Waals surface area contributed by atoms with Crippen LogP contribution in [0.15, 0.2) is 0 Å². The predicted octanol–water partition coefficient (Wildman–Crippen LogP) is 1.71. The zero-order chi connectivity index (χ0) is 5.41. The summed E-state index contributed by atoms with van der Waals surface area (Å²) in [6.45, 7) is 0. The van der Waals surface area contributed by atoms with Gasteiger partial charge < -0.3 is 0 Å². The number of hydrogen-bond donors (Lipinski definition) is 2. The molecule has 9 heavy (non-hydrogen) atoms. The van der Waals surface area contributed by atoms with Gasteiger partial charge in [-0.05, 0) is 0 Å². The first-order valence-corrected chi connectivity index (χ1v) is 0.908. The van der Waals surface area contributed by atoms with Gasteiger partial charge in [0.15, 0.2) is 0 Å². The van der Waals surface area contributed by atoms with Crippen LogP contribution in [0.2, 0.25) is 0 Å². The van der Waals surface area contributed by atoms with Crippen LogP contribution < -0.4 is 0 Å². The molecule has 0 atom stereocenters. The van der Waals surface area contributed by atoms with E-state index in [1.54, 1.807) is 0 Å². The minimum Gasteiger partial charge on any atom is -0.222 e. The Morgan fingerprint density at radius 2 is 0.778 bits per heavy atom. The van der Waals surface area contributed by atoms with Gasteiger partial charge >= 0.3 is 0 Å². The van der Waals surface area contributed by atoms with Crippen LogP contribution in [-0.2, 0) is 9.59 Å². The van der Waals surface area contributed by atoms with Gasteiger partial charge in [0, 0.05) is 0 Å². The van der Waals surface area contributed by atoms with Crippen molar-refractivity contribution in [2.24, 2.45) is 0 Å². The zero-order valence-corrected chi connectivity index (χ0v) is 2.82. The fraction of sp³-hybridized carbons (Fsp3) is 0.600. The van der Waals surface area contributed by atoms with Crippen LogP contribution in [0.25, 0.3) is 0 Å². The zero-order valence-electron chi connectivity index (χ0n) is 2.82. The second kappa shape index (κ2) is 388. The minimum absolute atomic E-state index is 0. The molecule has 0 amide bonds. The molecular weight excluding hydrogens is 120 g/mol. The fourth-order valence-corrected chi connectivity index (χ4v) is 0. The summed E-state index contributed by atoms with van der Waals surface area (Å²) in [5.41, 5.74) is 0. The Morgan fingerprint density at radius 1 is 0.778 bits per heavy atom. The number of isocyanates is 2. The number of rotatable bonds is 0. The first kappa shape index (κ1) is 46.6. The van der Waals surface area contributed by atoms with Gasteiger partial charge in [-0.2, -0.15) is 0 Å². The third-order valence-corrected chi connectivity index (χ3v) is 0. The smallest absolute Gasteiger partial charge is 0.222 e. The molecule has 0 saturated carbocycles. The molecular formula is C5H14N2O2. The second-order valence-corrected chi connectivity index (χ2v) is 0.204. The van der Waals surface area contributed by atoms with Crippen LogP contribution in [-0.4, -0.2) is 12.2 Å². The predicted molar refractivity (Wildman–Crippen MR) is 37.0 cm³/mol. The highest BCUT2D eigenvalue weighted by Crippen LogP contribution is 0.871. The molecule has 0 aromatic heterocycles. The molecule has 0 aliphatic heterocycles. The lowest BCUT2D eigenvalue weighted by molar-refractivity contribution is 0.562. The van der Waals surface area contributed by atoms with Crippen LogP contribution in [0.5, 0.6) is 0 Å². The molecule has 2 N–H and O–H groups in total. The molecule has 0 heterocycles. The van der Waals surface area contributed by atoms with Gasteiger partial charge in [-0.3, -0.25) is 0 Å². The van der Waals surface area contributed by atoms with Gasteiger partial charge in [-0.1, -0.05) is 22.3 Å². The summed E-state index contributed by atoms with van der Waals surface area (Å²) in [7, 11) is 0. The van der Waals surface area contributed by atoms with Crippen molar-refractivity contribution >= 4 is 12.2 Å². The summed E-state index contributed by atoms with van der Waals surface area (Å²) in [6.07, 6.45) is 1.50. The van der Waals surface area contributed by atoms with Gasteiger partial charge in [0.25, 0.3) is 0 Å². The minimum atomic E-state index is 0. The number of nitrogens with one attached hydrogen (secondary N) is 2. The molecule has 4 nitrogen and oxygen atoms in total. The molecule has 0 fully saturated rings. The Bertz CT molecular complexity index is 67.0. The molecule has 0 aromatic rings. The summed E-state index contributed by atoms with van der Waals surface area (Å²) >= 11 is 0. The quantitative estimate of drug-likeness (QED) is 0.390. The summed E-state index contributed by atoms with van der Waals surface area (Å²) in [5.74, 6) is 0. The maximum Gasteiger partial charge on any atom is 0.231 e. The van der Waals surface area contributed by atoms with E-state index in [-0.39, 0.29) is 22.3 Å². The van der Waals surface area contributed by atoms with Crippen LogP contribution in [0.4, 0.5) is 0 Å². The Labute approximate surface area is 55.9 Å².